The van der Waals surface area contributed by atoms with E-state index in [-0.39, 0.29) is 25.5 Å². The molecule has 1 amide bonds. The zero-order valence-electron chi connectivity index (χ0n) is 25.4. The Morgan fingerprint density at radius 3 is 2.53 bits per heavy atom. The fraction of sp³-hybridized carbons (Fsp3) is 0.516. The smallest absolute Gasteiger partial charge is 0.396 e. The standard InChI is InChI=1S/C31H35F3N8O4S/c32-31(33,34)30(44)41-12-10-21(17-41)5-6-23-15-37-28(13-26(23)36-14-20-1-3-22(19-43)4-2-20)39-27-9-11-35-29(40-27)24-16-38-42(18-24)47(45,46)25-7-8-25/h9,11,13,15-16,18,20-22,25,43H,1-4,7-8,10,12,14,17,19H2,(H2,35,36,37,39,40). The lowest BCUT2D eigenvalue weighted by Gasteiger charge is -2.27. The first-order valence-electron chi connectivity index (χ1n) is 15.6. The average molecular weight is 673 g/mol. The zero-order valence-corrected chi connectivity index (χ0v) is 26.3. The molecule has 0 bridgehead atoms. The highest BCUT2D eigenvalue weighted by Gasteiger charge is 2.44. The number of nitrogens with zero attached hydrogens (tertiary/aromatic N) is 6. The Bertz CT molecular complexity index is 1780. The molecule has 2 aliphatic carbocycles. The fourth-order valence-corrected chi connectivity index (χ4v) is 7.32. The van der Waals surface area contributed by atoms with Crippen molar-refractivity contribution in [2.75, 3.05) is 36.9 Å². The molecule has 250 valence electrons. The lowest BCUT2D eigenvalue weighted by molar-refractivity contribution is -0.184. The summed E-state index contributed by atoms with van der Waals surface area (Å²) in [6.07, 6.45) is 6.45. The maximum atomic E-state index is 12.9. The van der Waals surface area contributed by atoms with Crippen LogP contribution in [0.2, 0.25) is 0 Å². The highest BCUT2D eigenvalue weighted by molar-refractivity contribution is 7.90. The normalized spacial score (nSPS) is 21.6. The van der Waals surface area contributed by atoms with Gasteiger partial charge in [0.05, 0.1) is 34.5 Å². The number of anilines is 3. The van der Waals surface area contributed by atoms with Gasteiger partial charge in [0.15, 0.2) is 5.82 Å². The predicted octanol–water partition coefficient (Wildman–Crippen LogP) is 3.79. The van der Waals surface area contributed by atoms with Gasteiger partial charge < -0.3 is 20.6 Å². The Morgan fingerprint density at radius 1 is 1.04 bits per heavy atom. The lowest BCUT2D eigenvalue weighted by atomic mass is 9.82. The highest BCUT2D eigenvalue weighted by atomic mass is 32.2. The van der Waals surface area contributed by atoms with Crippen molar-refractivity contribution in [2.24, 2.45) is 17.8 Å². The van der Waals surface area contributed by atoms with E-state index in [1.807, 2.05) is 0 Å². The van der Waals surface area contributed by atoms with Crippen molar-refractivity contribution in [1.29, 1.82) is 0 Å². The van der Waals surface area contributed by atoms with Crippen molar-refractivity contribution in [3.63, 3.8) is 0 Å². The molecule has 1 atom stereocenters. The van der Waals surface area contributed by atoms with Gasteiger partial charge in [-0.2, -0.15) is 22.4 Å². The minimum Gasteiger partial charge on any atom is -0.396 e. The van der Waals surface area contributed by atoms with Crippen LogP contribution in [0.3, 0.4) is 0 Å². The molecule has 47 heavy (non-hydrogen) atoms. The second-order valence-electron chi connectivity index (χ2n) is 12.3. The van der Waals surface area contributed by atoms with Crippen molar-refractivity contribution in [3.05, 3.63) is 42.5 Å². The minimum absolute atomic E-state index is 0.00153. The van der Waals surface area contributed by atoms with Crippen LogP contribution in [0.15, 0.2) is 36.9 Å². The van der Waals surface area contributed by atoms with Gasteiger partial charge in [-0.25, -0.2) is 23.4 Å². The first-order valence-corrected chi connectivity index (χ1v) is 17.1. The second-order valence-corrected chi connectivity index (χ2v) is 14.4. The van der Waals surface area contributed by atoms with Crippen LogP contribution in [0.4, 0.5) is 30.5 Å². The van der Waals surface area contributed by atoms with Crippen LogP contribution in [-0.4, -0.2) is 86.1 Å². The number of halogens is 3. The Kier molecular flexibility index (Phi) is 9.38. The molecule has 3 aromatic rings. The van der Waals surface area contributed by atoms with Gasteiger partial charge in [0.2, 0.25) is 0 Å². The van der Waals surface area contributed by atoms with Crippen LogP contribution in [0.25, 0.3) is 11.4 Å². The van der Waals surface area contributed by atoms with Gasteiger partial charge >= 0.3 is 12.1 Å². The summed E-state index contributed by atoms with van der Waals surface area (Å²) in [5.74, 6) is 5.72. The van der Waals surface area contributed by atoms with Gasteiger partial charge in [-0.3, -0.25) is 4.79 Å². The van der Waals surface area contributed by atoms with Crippen LogP contribution in [0, 0.1) is 29.6 Å². The predicted molar refractivity (Wildman–Crippen MR) is 167 cm³/mol. The molecule has 3 N–H and O–H groups in total. The summed E-state index contributed by atoms with van der Waals surface area (Å²) in [6.45, 7) is 0.771. The van der Waals surface area contributed by atoms with Crippen molar-refractivity contribution < 1.29 is 31.5 Å². The molecule has 3 aromatic heterocycles. The molecule has 0 aromatic carbocycles. The van der Waals surface area contributed by atoms with Crippen LogP contribution in [-0.2, 0) is 14.8 Å². The average Bonchev–Trinajstić information content (AvgIpc) is 3.62. The van der Waals surface area contributed by atoms with E-state index in [9.17, 15) is 31.5 Å². The van der Waals surface area contributed by atoms with Crippen LogP contribution in [0.1, 0.15) is 50.5 Å². The van der Waals surface area contributed by atoms with Crippen LogP contribution < -0.4 is 10.6 Å². The third-order valence-electron chi connectivity index (χ3n) is 8.78. The van der Waals surface area contributed by atoms with E-state index in [0.717, 1.165) is 34.7 Å². The van der Waals surface area contributed by atoms with E-state index in [0.29, 0.717) is 66.1 Å². The van der Waals surface area contributed by atoms with Gasteiger partial charge in [0, 0.05) is 50.6 Å². The number of aromatic nitrogens is 5. The Morgan fingerprint density at radius 2 is 1.81 bits per heavy atom. The molecule has 3 fully saturated rings. The molecule has 0 spiro atoms. The van der Waals surface area contributed by atoms with E-state index in [1.54, 1.807) is 18.3 Å². The van der Waals surface area contributed by atoms with Crippen molar-refractivity contribution in [1.82, 2.24) is 29.0 Å². The van der Waals surface area contributed by atoms with Gasteiger partial charge in [-0.15, -0.1) is 0 Å². The number of likely N-dealkylation sites (tertiary alicyclic amines) is 1. The Hall–Kier alpha value is -4.23. The molecular weight excluding hydrogens is 637 g/mol. The monoisotopic (exact) mass is 672 g/mol. The quantitative estimate of drug-likeness (QED) is 0.286. The largest absolute Gasteiger partial charge is 0.471 e. The molecule has 1 saturated heterocycles. The fourth-order valence-electron chi connectivity index (χ4n) is 5.84. The van der Waals surface area contributed by atoms with E-state index >= 15 is 0 Å². The van der Waals surface area contributed by atoms with Gasteiger partial charge in [-0.05, 0) is 62.8 Å². The third-order valence-corrected chi connectivity index (χ3v) is 10.8. The molecule has 1 unspecified atom stereocenters. The molecule has 12 nitrogen and oxygen atoms in total. The number of alkyl halides is 3. The van der Waals surface area contributed by atoms with Gasteiger partial charge in [0.25, 0.3) is 10.0 Å². The summed E-state index contributed by atoms with van der Waals surface area (Å²) >= 11 is 0. The van der Waals surface area contributed by atoms with E-state index < -0.39 is 33.3 Å². The topological polar surface area (TPSA) is 155 Å². The Labute approximate surface area is 270 Å². The summed E-state index contributed by atoms with van der Waals surface area (Å²) in [5, 5.41) is 19.7. The Balaban J connectivity index is 1.19. The zero-order chi connectivity index (χ0) is 33.2. The highest BCUT2D eigenvalue weighted by Crippen LogP contribution is 2.32. The van der Waals surface area contributed by atoms with E-state index in [1.165, 1.54) is 18.6 Å². The maximum absolute atomic E-state index is 12.9. The van der Waals surface area contributed by atoms with Crippen molar-refractivity contribution in [3.8, 4) is 23.2 Å². The number of nitrogens with one attached hydrogen (secondary N) is 2. The number of hydrogen-bond donors (Lipinski definition) is 3. The number of aliphatic hydroxyl groups is 1. The van der Waals surface area contributed by atoms with Crippen molar-refractivity contribution in [2.45, 2.75) is 56.4 Å². The number of rotatable bonds is 9. The number of hydrogen-bond acceptors (Lipinski definition) is 10. The maximum Gasteiger partial charge on any atom is 0.471 e. The summed E-state index contributed by atoms with van der Waals surface area (Å²) in [7, 11) is -3.53. The first-order chi connectivity index (χ1) is 22.5. The SMILES string of the molecule is O=C(N1CCC(C#Cc2cnc(Nc3ccnc(-c4cnn(S(=O)(=O)C5CC5)c4)n3)cc2NCC2CCC(CO)CC2)C1)C(F)(F)F. The van der Waals surface area contributed by atoms with Crippen LogP contribution >= 0.6 is 0 Å². The van der Waals surface area contributed by atoms with Gasteiger partial charge in [0.1, 0.15) is 11.6 Å². The lowest BCUT2D eigenvalue weighted by Crippen LogP contribution is -2.39. The summed E-state index contributed by atoms with van der Waals surface area (Å²) < 4.78 is 64.7. The molecule has 0 radical (unpaired) electrons. The van der Waals surface area contributed by atoms with E-state index in [4.69, 9.17) is 0 Å². The van der Waals surface area contributed by atoms with Gasteiger partial charge in [-0.1, -0.05) is 11.8 Å². The molecule has 2 saturated carbocycles. The molecule has 16 heteroatoms. The number of aliphatic hydroxyl groups excluding tert-OH is 1. The number of carbonyl (C=O) groups excluding carboxylic acids is 1. The summed E-state index contributed by atoms with van der Waals surface area (Å²) in [4.78, 5) is 25.7. The number of pyridine rings is 1. The molecule has 4 heterocycles. The minimum atomic E-state index is -4.91. The molecular formula is C31H35F3N8O4S. The molecule has 3 aliphatic rings. The summed E-state index contributed by atoms with van der Waals surface area (Å²) in [5.41, 5.74) is 1.69. The summed E-state index contributed by atoms with van der Waals surface area (Å²) in [6, 6.07) is 3.42. The van der Waals surface area contributed by atoms with E-state index in [2.05, 4.69) is 42.5 Å². The molecule has 6 rings (SSSR count). The second kappa shape index (κ2) is 13.5. The molecule has 1 aliphatic heterocycles. The van der Waals surface area contributed by atoms with Crippen molar-refractivity contribution >= 4 is 33.3 Å². The number of amides is 1. The van der Waals surface area contributed by atoms with Crippen LogP contribution in [0.5, 0.6) is 0 Å². The third kappa shape index (κ3) is 7.84. The number of carbonyl (C=O) groups is 1. The first kappa shape index (κ1) is 32.7.